The lowest BCUT2D eigenvalue weighted by Gasteiger charge is -2.17. The molecule has 0 radical (unpaired) electrons. The molecule has 0 bridgehead atoms. The van der Waals surface area contributed by atoms with Gasteiger partial charge in [0.15, 0.2) is 0 Å². The first kappa shape index (κ1) is 23.1. The van der Waals surface area contributed by atoms with Crippen molar-refractivity contribution in [3.8, 4) is 34.0 Å². The first-order chi connectivity index (χ1) is 15.1. The van der Waals surface area contributed by atoms with Gasteiger partial charge in [-0.25, -0.2) is 0 Å². The highest BCUT2D eigenvalue weighted by Gasteiger charge is 2.17. The van der Waals surface area contributed by atoms with E-state index in [0.29, 0.717) is 0 Å². The summed E-state index contributed by atoms with van der Waals surface area (Å²) in [6, 6.07) is 12.7. The van der Waals surface area contributed by atoms with Crippen LogP contribution in [0.15, 0.2) is 36.4 Å². The second-order valence-corrected chi connectivity index (χ2v) is 8.42. The van der Waals surface area contributed by atoms with E-state index in [-0.39, 0.29) is 0 Å². The second kappa shape index (κ2) is 11.7. The van der Waals surface area contributed by atoms with Gasteiger partial charge in [0.05, 0.1) is 13.2 Å². The number of aryl methyl sites for hydroxylation is 2. The average Bonchev–Trinajstić information content (AvgIpc) is 3.39. The minimum absolute atomic E-state index is 0.723. The molecule has 3 rings (SSSR count). The summed E-state index contributed by atoms with van der Waals surface area (Å²) in [5.41, 5.74) is 6.51. The third-order valence-corrected chi connectivity index (χ3v) is 5.59. The molecule has 0 amide bonds. The van der Waals surface area contributed by atoms with Crippen LogP contribution in [0.3, 0.4) is 0 Å². The maximum Gasteiger partial charge on any atom is 0.129 e. The van der Waals surface area contributed by atoms with E-state index in [2.05, 4.69) is 74.1 Å². The van der Waals surface area contributed by atoms with Crippen molar-refractivity contribution < 1.29 is 9.47 Å². The Balaban J connectivity index is 1.95. The first-order valence-corrected chi connectivity index (χ1v) is 11.9. The Kier molecular flexibility index (Phi) is 8.69. The molecule has 31 heavy (non-hydrogen) atoms. The molecular weight excluding hydrogens is 384 g/mol. The molecule has 0 aliphatic carbocycles. The monoisotopic (exact) mass is 422 g/mol. The number of unbranched alkanes of at least 4 members (excludes halogenated alkanes) is 5. The van der Waals surface area contributed by atoms with E-state index in [1.807, 2.05) is 0 Å². The van der Waals surface area contributed by atoms with Gasteiger partial charge in [0.1, 0.15) is 11.5 Å². The summed E-state index contributed by atoms with van der Waals surface area (Å²) < 4.78 is 12.6. The van der Waals surface area contributed by atoms with Crippen molar-refractivity contribution in [3.05, 3.63) is 47.8 Å². The quantitative estimate of drug-likeness (QED) is 0.276. The molecule has 0 unspecified atom stereocenters. The van der Waals surface area contributed by atoms with Crippen LogP contribution in [0.25, 0.3) is 22.5 Å². The zero-order valence-corrected chi connectivity index (χ0v) is 19.6. The van der Waals surface area contributed by atoms with Crippen molar-refractivity contribution in [2.24, 2.45) is 0 Å². The molecule has 0 atom stereocenters. The first-order valence-electron chi connectivity index (χ1n) is 11.9. The Morgan fingerprint density at radius 2 is 1.06 bits per heavy atom. The SMILES string of the molecule is CCCCCCOc1cc(-c2ccc(C)[nH]2)c(OCCCCC)cc1-c1ccc(C)[nH]1. The number of hydrogen-bond acceptors (Lipinski definition) is 2. The lowest BCUT2D eigenvalue weighted by atomic mass is 10.0. The molecule has 168 valence electrons. The van der Waals surface area contributed by atoms with Gasteiger partial charge >= 0.3 is 0 Å². The van der Waals surface area contributed by atoms with E-state index in [4.69, 9.17) is 9.47 Å². The maximum absolute atomic E-state index is 6.32. The van der Waals surface area contributed by atoms with Crippen molar-refractivity contribution in [1.29, 1.82) is 0 Å². The number of aromatic amines is 2. The maximum atomic E-state index is 6.32. The number of H-pyrrole nitrogens is 2. The van der Waals surface area contributed by atoms with Crippen molar-refractivity contribution in [1.82, 2.24) is 9.97 Å². The fraction of sp³-hybridized carbons (Fsp3) is 0.481. The van der Waals surface area contributed by atoms with Gasteiger partial charge in [-0.1, -0.05) is 46.0 Å². The van der Waals surface area contributed by atoms with Gasteiger partial charge in [-0.2, -0.15) is 0 Å². The number of ether oxygens (including phenoxy) is 2. The molecule has 3 aromatic rings. The Bertz CT molecular complexity index is 939. The molecule has 4 heteroatoms. The smallest absolute Gasteiger partial charge is 0.129 e. The van der Waals surface area contributed by atoms with E-state index in [1.54, 1.807) is 0 Å². The van der Waals surface area contributed by atoms with Crippen LogP contribution in [0, 0.1) is 13.8 Å². The summed E-state index contributed by atoms with van der Waals surface area (Å²) >= 11 is 0. The van der Waals surface area contributed by atoms with Gasteiger partial charge in [-0.05, 0) is 63.1 Å². The normalized spacial score (nSPS) is 11.1. The van der Waals surface area contributed by atoms with Gasteiger partial charge in [0.2, 0.25) is 0 Å². The van der Waals surface area contributed by atoms with E-state index in [9.17, 15) is 0 Å². The zero-order chi connectivity index (χ0) is 22.1. The van der Waals surface area contributed by atoms with Crippen LogP contribution in [-0.4, -0.2) is 23.2 Å². The Morgan fingerprint density at radius 1 is 0.613 bits per heavy atom. The predicted molar refractivity (Wildman–Crippen MR) is 130 cm³/mol. The lowest BCUT2D eigenvalue weighted by molar-refractivity contribution is 0.299. The summed E-state index contributed by atoms with van der Waals surface area (Å²) in [7, 11) is 0. The predicted octanol–water partition coefficient (Wildman–Crippen LogP) is 7.82. The highest BCUT2D eigenvalue weighted by Crippen LogP contribution is 2.40. The Hall–Kier alpha value is -2.62. The highest BCUT2D eigenvalue weighted by molar-refractivity contribution is 5.79. The third-order valence-electron chi connectivity index (χ3n) is 5.59. The van der Waals surface area contributed by atoms with Crippen LogP contribution < -0.4 is 9.47 Å². The highest BCUT2D eigenvalue weighted by atomic mass is 16.5. The Labute approximate surface area is 187 Å². The van der Waals surface area contributed by atoms with Crippen LogP contribution in [0.4, 0.5) is 0 Å². The number of aromatic nitrogens is 2. The summed E-state index contributed by atoms with van der Waals surface area (Å²) in [5.74, 6) is 1.81. The van der Waals surface area contributed by atoms with Crippen LogP contribution in [0.2, 0.25) is 0 Å². The molecule has 0 aliphatic rings. The van der Waals surface area contributed by atoms with E-state index in [1.165, 1.54) is 32.1 Å². The summed E-state index contributed by atoms with van der Waals surface area (Å²) in [6.45, 7) is 10.1. The van der Waals surface area contributed by atoms with Gasteiger partial charge in [0.25, 0.3) is 0 Å². The summed E-state index contributed by atoms with van der Waals surface area (Å²) in [4.78, 5) is 6.93. The van der Waals surface area contributed by atoms with Crippen molar-refractivity contribution >= 4 is 0 Å². The molecule has 4 nitrogen and oxygen atoms in total. The van der Waals surface area contributed by atoms with Crippen molar-refractivity contribution in [2.45, 2.75) is 72.6 Å². The largest absolute Gasteiger partial charge is 0.493 e. The molecule has 2 aromatic heterocycles. The molecule has 2 heterocycles. The van der Waals surface area contributed by atoms with Crippen molar-refractivity contribution in [3.63, 3.8) is 0 Å². The number of hydrogen-bond donors (Lipinski definition) is 2. The van der Waals surface area contributed by atoms with Gasteiger partial charge < -0.3 is 19.4 Å². The van der Waals surface area contributed by atoms with Crippen LogP contribution in [0.1, 0.15) is 70.2 Å². The van der Waals surface area contributed by atoms with Gasteiger partial charge in [0, 0.05) is 33.9 Å². The van der Waals surface area contributed by atoms with Crippen molar-refractivity contribution in [2.75, 3.05) is 13.2 Å². The van der Waals surface area contributed by atoms with E-state index >= 15 is 0 Å². The molecule has 0 fully saturated rings. The average molecular weight is 423 g/mol. The molecule has 0 aliphatic heterocycles. The second-order valence-electron chi connectivity index (χ2n) is 8.42. The van der Waals surface area contributed by atoms with Gasteiger partial charge in [-0.15, -0.1) is 0 Å². The molecule has 0 saturated carbocycles. The molecule has 0 saturated heterocycles. The van der Waals surface area contributed by atoms with Crippen LogP contribution in [0.5, 0.6) is 11.5 Å². The lowest BCUT2D eigenvalue weighted by Crippen LogP contribution is -2.03. The third kappa shape index (κ3) is 6.43. The molecule has 2 N–H and O–H groups in total. The minimum atomic E-state index is 0.723. The number of benzene rings is 1. The number of nitrogens with one attached hydrogen (secondary N) is 2. The topological polar surface area (TPSA) is 50.0 Å². The van der Waals surface area contributed by atoms with Crippen LogP contribution in [-0.2, 0) is 0 Å². The zero-order valence-electron chi connectivity index (χ0n) is 19.6. The summed E-state index contributed by atoms with van der Waals surface area (Å²) in [5, 5.41) is 0. The fourth-order valence-corrected chi connectivity index (χ4v) is 3.79. The minimum Gasteiger partial charge on any atom is -0.493 e. The Morgan fingerprint density at radius 3 is 1.48 bits per heavy atom. The molecule has 1 aromatic carbocycles. The van der Waals surface area contributed by atoms with E-state index < -0.39 is 0 Å². The van der Waals surface area contributed by atoms with Crippen LogP contribution >= 0.6 is 0 Å². The molecule has 0 spiro atoms. The van der Waals surface area contributed by atoms with E-state index in [0.717, 1.165) is 71.5 Å². The molecular formula is C27H38N2O2. The summed E-state index contributed by atoms with van der Waals surface area (Å²) in [6.07, 6.45) is 8.18. The number of rotatable bonds is 13. The fourth-order valence-electron chi connectivity index (χ4n) is 3.79. The standard InChI is InChI=1S/C27H38N2O2/c1-5-7-9-11-17-31-27-19-22(24-14-12-20(3)28-24)26(30-16-10-8-6-2)18-23(27)25-15-13-21(4)29-25/h12-15,18-19,28-29H,5-11,16-17H2,1-4H3. The van der Waals surface area contributed by atoms with Gasteiger partial charge in [-0.3, -0.25) is 0 Å².